The van der Waals surface area contributed by atoms with Gasteiger partial charge < -0.3 is 10.2 Å². The minimum absolute atomic E-state index is 0.248. The number of aliphatic hydroxyl groups excluding tert-OH is 1. The Bertz CT molecular complexity index is 254. The number of nitrogens with zero attached hydrogens (tertiary/aromatic N) is 1. The molecule has 0 amide bonds. The van der Waals surface area contributed by atoms with Gasteiger partial charge in [-0.3, -0.25) is 4.90 Å². The van der Waals surface area contributed by atoms with Gasteiger partial charge in [0.25, 0.3) is 0 Å². The van der Waals surface area contributed by atoms with Gasteiger partial charge >= 0.3 is 0 Å². The first-order valence-electron chi connectivity index (χ1n) is 5.46. The number of rotatable bonds is 0. The third kappa shape index (κ3) is 0.930. The van der Waals surface area contributed by atoms with E-state index >= 15 is 0 Å². The van der Waals surface area contributed by atoms with Gasteiger partial charge in [-0.1, -0.05) is 20.8 Å². The molecule has 0 aromatic rings. The van der Waals surface area contributed by atoms with Crippen LogP contribution in [0.3, 0.4) is 0 Å². The summed E-state index contributed by atoms with van der Waals surface area (Å²) in [5, 5.41) is 20.8. The Hall–Kier alpha value is -0.120. The highest BCUT2D eigenvalue weighted by Crippen LogP contribution is 2.53. The number of hydrogen-bond acceptors (Lipinski definition) is 3. The maximum absolute atomic E-state index is 10.6. The van der Waals surface area contributed by atoms with Crippen molar-refractivity contribution in [3.63, 3.8) is 0 Å². The maximum Gasteiger partial charge on any atom is 0.126 e. The zero-order valence-electron chi connectivity index (χ0n) is 9.49. The molecule has 2 fully saturated rings. The maximum atomic E-state index is 10.6. The molecule has 4 atom stereocenters. The fraction of sp³-hybridized carbons (Fsp3) is 1.00. The van der Waals surface area contributed by atoms with Crippen molar-refractivity contribution >= 4 is 0 Å². The monoisotopic (exact) mass is 199 g/mol. The van der Waals surface area contributed by atoms with Crippen LogP contribution in [0.5, 0.6) is 0 Å². The molecule has 3 nitrogen and oxygen atoms in total. The third-order valence-electron chi connectivity index (χ3n) is 4.75. The first-order valence-corrected chi connectivity index (χ1v) is 5.46. The zero-order valence-corrected chi connectivity index (χ0v) is 9.49. The van der Waals surface area contributed by atoms with Crippen LogP contribution in [0.2, 0.25) is 0 Å². The van der Waals surface area contributed by atoms with Crippen LogP contribution in [0.15, 0.2) is 0 Å². The van der Waals surface area contributed by atoms with Crippen LogP contribution in [-0.4, -0.2) is 40.0 Å². The molecule has 0 aliphatic carbocycles. The molecular formula is C11H21NO2. The summed E-state index contributed by atoms with van der Waals surface area (Å²) in [5.41, 5.74) is -1.25. The summed E-state index contributed by atoms with van der Waals surface area (Å²) in [5.74, 6) is 0.248. The molecule has 0 aromatic heterocycles. The quantitative estimate of drug-likeness (QED) is 0.606. The SMILES string of the molecule is CC1C2CC[C@](O)(N2C)C(C)(C)[C@@H]1O. The largest absolute Gasteiger partial charge is 0.392 e. The second-order valence-electron chi connectivity index (χ2n) is 5.56. The van der Waals surface area contributed by atoms with Gasteiger partial charge in [-0.05, 0) is 25.8 Å². The summed E-state index contributed by atoms with van der Waals surface area (Å²) in [6.45, 7) is 6.01. The first-order chi connectivity index (χ1) is 6.32. The average Bonchev–Trinajstić information content (AvgIpc) is 2.39. The lowest BCUT2D eigenvalue weighted by molar-refractivity contribution is -0.240. The second kappa shape index (κ2) is 2.71. The van der Waals surface area contributed by atoms with Crippen LogP contribution >= 0.6 is 0 Å². The molecule has 3 heteroatoms. The van der Waals surface area contributed by atoms with E-state index in [0.29, 0.717) is 6.04 Å². The fourth-order valence-corrected chi connectivity index (χ4v) is 3.49. The molecule has 2 bridgehead atoms. The highest BCUT2D eigenvalue weighted by Gasteiger charge is 2.62. The van der Waals surface area contributed by atoms with Crippen molar-refractivity contribution < 1.29 is 10.2 Å². The normalized spacial score (nSPS) is 52.3. The second-order valence-corrected chi connectivity index (χ2v) is 5.56. The summed E-state index contributed by atoms with van der Waals surface area (Å²) >= 11 is 0. The molecule has 2 rings (SSSR count). The molecule has 2 aliphatic rings. The molecule has 2 unspecified atom stereocenters. The van der Waals surface area contributed by atoms with E-state index in [2.05, 4.69) is 11.8 Å². The third-order valence-corrected chi connectivity index (χ3v) is 4.75. The van der Waals surface area contributed by atoms with Crippen LogP contribution in [0.4, 0.5) is 0 Å². The van der Waals surface area contributed by atoms with Gasteiger partial charge in [0, 0.05) is 11.5 Å². The van der Waals surface area contributed by atoms with Crippen molar-refractivity contribution in [2.24, 2.45) is 11.3 Å². The van der Waals surface area contributed by atoms with E-state index in [4.69, 9.17) is 0 Å². The Morgan fingerprint density at radius 3 is 2.50 bits per heavy atom. The minimum Gasteiger partial charge on any atom is -0.392 e. The van der Waals surface area contributed by atoms with Gasteiger partial charge in [-0.15, -0.1) is 0 Å². The van der Waals surface area contributed by atoms with Gasteiger partial charge in [0.05, 0.1) is 6.10 Å². The predicted molar refractivity (Wildman–Crippen MR) is 54.7 cm³/mol. The number of piperidine rings is 1. The van der Waals surface area contributed by atoms with Crippen molar-refractivity contribution in [3.8, 4) is 0 Å². The smallest absolute Gasteiger partial charge is 0.126 e. The number of aliphatic hydroxyl groups is 2. The van der Waals surface area contributed by atoms with E-state index in [1.54, 1.807) is 0 Å². The Kier molecular flexibility index (Phi) is 2.02. The zero-order chi connectivity index (χ0) is 10.7. The van der Waals surface area contributed by atoms with Gasteiger partial charge in [0.15, 0.2) is 0 Å². The standard InChI is InChI=1S/C11H21NO2/c1-7-8-5-6-11(14,12(8)4)10(2,3)9(7)13/h7-9,13-14H,5-6H2,1-4H3/t7?,8?,9-,11-/m1/s1. The van der Waals surface area contributed by atoms with Crippen LogP contribution < -0.4 is 0 Å². The Morgan fingerprint density at radius 1 is 1.36 bits per heavy atom. The molecule has 0 saturated carbocycles. The topological polar surface area (TPSA) is 43.7 Å². The minimum atomic E-state index is -0.816. The van der Waals surface area contributed by atoms with Crippen LogP contribution in [0.25, 0.3) is 0 Å². The van der Waals surface area contributed by atoms with E-state index in [-0.39, 0.29) is 5.92 Å². The highest BCUT2D eigenvalue weighted by atomic mass is 16.3. The fourth-order valence-electron chi connectivity index (χ4n) is 3.49. The van der Waals surface area contributed by atoms with Crippen LogP contribution in [0.1, 0.15) is 33.6 Å². The molecule has 0 aromatic carbocycles. The van der Waals surface area contributed by atoms with Crippen molar-refractivity contribution in [2.45, 2.75) is 51.5 Å². The summed E-state index contributed by atoms with van der Waals surface area (Å²) in [6.07, 6.45) is 1.37. The number of fused-ring (bicyclic) bond motifs is 2. The van der Waals surface area contributed by atoms with Crippen molar-refractivity contribution in [3.05, 3.63) is 0 Å². The van der Waals surface area contributed by atoms with E-state index < -0.39 is 17.2 Å². The Morgan fingerprint density at radius 2 is 1.93 bits per heavy atom. The van der Waals surface area contributed by atoms with Crippen molar-refractivity contribution in [2.75, 3.05) is 7.05 Å². The van der Waals surface area contributed by atoms with Crippen LogP contribution in [0, 0.1) is 11.3 Å². The average molecular weight is 199 g/mol. The Labute approximate surface area is 85.7 Å². The van der Waals surface area contributed by atoms with Gasteiger partial charge in [-0.2, -0.15) is 0 Å². The molecule has 82 valence electrons. The summed E-state index contributed by atoms with van der Waals surface area (Å²) in [4.78, 5) is 2.06. The lowest BCUT2D eigenvalue weighted by Crippen LogP contribution is -2.66. The number of hydrogen-bond donors (Lipinski definition) is 2. The summed E-state index contributed by atoms with van der Waals surface area (Å²) in [6, 6.07) is 0.336. The van der Waals surface area contributed by atoms with E-state index in [1.807, 2.05) is 20.9 Å². The van der Waals surface area contributed by atoms with E-state index in [0.717, 1.165) is 12.8 Å². The molecule has 2 aliphatic heterocycles. The summed E-state index contributed by atoms with van der Waals surface area (Å²) in [7, 11) is 1.97. The molecule has 2 heterocycles. The van der Waals surface area contributed by atoms with Gasteiger partial charge in [-0.25, -0.2) is 0 Å². The molecule has 2 N–H and O–H groups in total. The molecule has 2 saturated heterocycles. The first kappa shape index (κ1) is 10.4. The molecule has 14 heavy (non-hydrogen) atoms. The van der Waals surface area contributed by atoms with Gasteiger partial charge in [0.1, 0.15) is 5.72 Å². The van der Waals surface area contributed by atoms with Crippen molar-refractivity contribution in [1.29, 1.82) is 0 Å². The lowest BCUT2D eigenvalue weighted by Gasteiger charge is -2.55. The predicted octanol–water partition coefficient (Wildman–Crippen LogP) is 0.806. The van der Waals surface area contributed by atoms with E-state index in [9.17, 15) is 10.2 Å². The summed E-state index contributed by atoms with van der Waals surface area (Å²) < 4.78 is 0. The highest BCUT2D eigenvalue weighted by molar-refractivity contribution is 5.10. The lowest BCUT2D eigenvalue weighted by atomic mass is 9.68. The molecule has 0 radical (unpaired) electrons. The van der Waals surface area contributed by atoms with Crippen LogP contribution in [-0.2, 0) is 0 Å². The van der Waals surface area contributed by atoms with E-state index in [1.165, 1.54) is 0 Å². The Balaban J connectivity index is 2.44. The van der Waals surface area contributed by atoms with Gasteiger partial charge in [0.2, 0.25) is 0 Å². The molecule has 0 spiro atoms. The van der Waals surface area contributed by atoms with Crippen molar-refractivity contribution in [1.82, 2.24) is 4.90 Å². The molecular weight excluding hydrogens is 178 g/mol.